The second-order valence-electron chi connectivity index (χ2n) is 9.02. The molecule has 0 atom stereocenters. The normalized spacial score (nSPS) is 18.8. The van der Waals surface area contributed by atoms with Crippen molar-refractivity contribution in [3.8, 4) is 11.3 Å². The van der Waals surface area contributed by atoms with Crippen molar-refractivity contribution < 1.29 is 12.6 Å². The Balaban J connectivity index is 1.71. The molecular formula is C24H37N5O3S. The van der Waals surface area contributed by atoms with E-state index in [4.69, 9.17) is 9.17 Å². The van der Waals surface area contributed by atoms with E-state index in [2.05, 4.69) is 34.4 Å². The highest BCUT2D eigenvalue weighted by molar-refractivity contribution is 7.85. The van der Waals surface area contributed by atoms with Crippen molar-refractivity contribution in [1.29, 1.82) is 0 Å². The average Bonchev–Trinajstić information content (AvgIpc) is 2.79. The maximum absolute atomic E-state index is 11.1. The molecule has 0 unspecified atom stereocenters. The van der Waals surface area contributed by atoms with Crippen molar-refractivity contribution in [2.75, 3.05) is 30.0 Å². The quantitative estimate of drug-likeness (QED) is 0.337. The molecule has 0 saturated heterocycles. The Morgan fingerprint density at radius 3 is 2.55 bits per heavy atom. The van der Waals surface area contributed by atoms with E-state index in [1.165, 1.54) is 12.8 Å². The van der Waals surface area contributed by atoms with E-state index in [0.717, 1.165) is 67.0 Å². The lowest BCUT2D eigenvalue weighted by Crippen LogP contribution is -2.26. The zero-order chi connectivity index (χ0) is 23.7. The molecule has 3 rings (SSSR count). The Morgan fingerprint density at radius 1 is 1.09 bits per heavy atom. The fourth-order valence-corrected chi connectivity index (χ4v) is 4.38. The maximum atomic E-state index is 11.1. The number of hydrogen-bond donors (Lipinski definition) is 2. The minimum Gasteiger partial charge on any atom is -0.367 e. The van der Waals surface area contributed by atoms with Crippen molar-refractivity contribution in [3.63, 3.8) is 0 Å². The van der Waals surface area contributed by atoms with Crippen molar-refractivity contribution in [1.82, 2.24) is 15.0 Å². The SMILES string of the molecule is CCCCNc1ncc(-c2ccc(CCCOS(C)(=O)=O)cn2)c(N[C@H]2CC[C@H](C)CC2)n1. The first-order chi connectivity index (χ1) is 15.8. The number of hydrogen-bond acceptors (Lipinski definition) is 8. The third kappa shape index (κ3) is 8.55. The van der Waals surface area contributed by atoms with E-state index >= 15 is 0 Å². The molecule has 8 nitrogen and oxygen atoms in total. The highest BCUT2D eigenvalue weighted by atomic mass is 32.2. The summed E-state index contributed by atoms with van der Waals surface area (Å²) in [5.74, 6) is 2.25. The van der Waals surface area contributed by atoms with Crippen LogP contribution in [0.3, 0.4) is 0 Å². The zero-order valence-corrected chi connectivity index (χ0v) is 20.8. The predicted octanol–water partition coefficient (Wildman–Crippen LogP) is 4.65. The maximum Gasteiger partial charge on any atom is 0.264 e. The van der Waals surface area contributed by atoms with Gasteiger partial charge in [-0.05, 0) is 62.5 Å². The molecule has 0 aliphatic heterocycles. The molecule has 1 saturated carbocycles. The molecule has 1 aliphatic rings. The van der Waals surface area contributed by atoms with Crippen LogP contribution in [0.4, 0.5) is 11.8 Å². The van der Waals surface area contributed by atoms with Crippen LogP contribution in [-0.2, 0) is 20.7 Å². The van der Waals surface area contributed by atoms with Gasteiger partial charge in [0.15, 0.2) is 0 Å². The van der Waals surface area contributed by atoms with Gasteiger partial charge in [0.25, 0.3) is 10.1 Å². The molecule has 0 amide bonds. The number of unbranched alkanes of at least 4 members (excludes halogenated alkanes) is 1. The van der Waals surface area contributed by atoms with Crippen LogP contribution in [0.2, 0.25) is 0 Å². The standard InChI is InChI=1S/C24H37N5O3S/c1-4-5-14-25-24-27-17-21(23(29-24)28-20-11-8-18(2)9-12-20)22-13-10-19(16-26-22)7-6-15-32-33(3,30)31/h10,13,16-18,20H,4-9,11-12,14-15H2,1-3H3,(H2,25,27,28,29)/t18-,20-. The summed E-state index contributed by atoms with van der Waals surface area (Å²) >= 11 is 0. The summed E-state index contributed by atoms with van der Waals surface area (Å²) in [5, 5.41) is 6.99. The van der Waals surface area contributed by atoms with E-state index in [9.17, 15) is 8.42 Å². The fourth-order valence-electron chi connectivity index (χ4n) is 3.96. The van der Waals surface area contributed by atoms with Gasteiger partial charge in [0, 0.05) is 25.0 Å². The van der Waals surface area contributed by atoms with Crippen LogP contribution in [0.1, 0.15) is 64.4 Å². The monoisotopic (exact) mass is 475 g/mol. The van der Waals surface area contributed by atoms with Gasteiger partial charge in [0.1, 0.15) is 5.82 Å². The van der Waals surface area contributed by atoms with Crippen LogP contribution in [-0.4, -0.2) is 48.8 Å². The lowest BCUT2D eigenvalue weighted by atomic mass is 9.87. The molecule has 2 aromatic heterocycles. The summed E-state index contributed by atoms with van der Waals surface area (Å²) in [6.45, 7) is 5.51. The van der Waals surface area contributed by atoms with Gasteiger partial charge < -0.3 is 10.6 Å². The van der Waals surface area contributed by atoms with Gasteiger partial charge >= 0.3 is 0 Å². The fraction of sp³-hybridized carbons (Fsp3) is 0.625. The molecule has 2 aromatic rings. The number of anilines is 2. The van der Waals surface area contributed by atoms with Crippen molar-refractivity contribution in [2.24, 2.45) is 5.92 Å². The molecule has 2 heterocycles. The number of pyridine rings is 1. The Labute approximate surface area is 198 Å². The van der Waals surface area contributed by atoms with E-state index in [1.54, 1.807) is 0 Å². The first-order valence-corrected chi connectivity index (χ1v) is 13.8. The molecule has 0 aromatic carbocycles. The molecule has 0 spiro atoms. The van der Waals surface area contributed by atoms with Gasteiger partial charge in [-0.25, -0.2) is 4.98 Å². The van der Waals surface area contributed by atoms with Crippen LogP contribution in [0, 0.1) is 5.92 Å². The molecule has 33 heavy (non-hydrogen) atoms. The topological polar surface area (TPSA) is 106 Å². The van der Waals surface area contributed by atoms with Crippen molar-refractivity contribution in [2.45, 2.75) is 71.3 Å². The summed E-state index contributed by atoms with van der Waals surface area (Å²) in [7, 11) is -3.39. The average molecular weight is 476 g/mol. The first-order valence-electron chi connectivity index (χ1n) is 12.0. The lowest BCUT2D eigenvalue weighted by molar-refractivity contribution is 0.316. The van der Waals surface area contributed by atoms with E-state index in [1.807, 2.05) is 24.5 Å². The number of nitrogens with zero attached hydrogens (tertiary/aromatic N) is 3. The highest BCUT2D eigenvalue weighted by Crippen LogP contribution is 2.30. The van der Waals surface area contributed by atoms with Gasteiger partial charge in [-0.1, -0.05) is 26.3 Å². The molecule has 0 bridgehead atoms. The molecule has 1 fully saturated rings. The lowest BCUT2D eigenvalue weighted by Gasteiger charge is -2.28. The van der Waals surface area contributed by atoms with Crippen LogP contribution in [0.15, 0.2) is 24.5 Å². The summed E-state index contributed by atoms with van der Waals surface area (Å²) < 4.78 is 27.0. The molecule has 9 heteroatoms. The smallest absolute Gasteiger partial charge is 0.264 e. The van der Waals surface area contributed by atoms with Gasteiger partial charge in [-0.15, -0.1) is 0 Å². The molecule has 0 radical (unpaired) electrons. The van der Waals surface area contributed by atoms with Crippen molar-refractivity contribution >= 4 is 21.9 Å². The van der Waals surface area contributed by atoms with Crippen LogP contribution in [0.25, 0.3) is 11.3 Å². The third-order valence-corrected chi connectivity index (χ3v) is 6.56. The van der Waals surface area contributed by atoms with Gasteiger partial charge in [-0.3, -0.25) is 9.17 Å². The highest BCUT2D eigenvalue weighted by Gasteiger charge is 2.20. The minimum absolute atomic E-state index is 0.176. The Kier molecular flexibility index (Phi) is 9.43. The second kappa shape index (κ2) is 12.3. The largest absolute Gasteiger partial charge is 0.367 e. The van der Waals surface area contributed by atoms with Crippen LogP contribution >= 0.6 is 0 Å². The van der Waals surface area contributed by atoms with Crippen LogP contribution < -0.4 is 10.6 Å². The summed E-state index contributed by atoms with van der Waals surface area (Å²) in [4.78, 5) is 14.0. The molecule has 1 aliphatic carbocycles. The molecule has 182 valence electrons. The molecule has 2 N–H and O–H groups in total. The van der Waals surface area contributed by atoms with Gasteiger partial charge in [0.05, 0.1) is 24.1 Å². The van der Waals surface area contributed by atoms with Gasteiger partial charge in [0.2, 0.25) is 5.95 Å². The number of nitrogens with one attached hydrogen (secondary N) is 2. The predicted molar refractivity (Wildman–Crippen MR) is 133 cm³/mol. The molecular weight excluding hydrogens is 438 g/mol. The number of aromatic nitrogens is 3. The minimum atomic E-state index is -3.39. The number of rotatable bonds is 12. The summed E-state index contributed by atoms with van der Waals surface area (Å²) in [6.07, 6.45) is 13.0. The first kappa shape index (κ1) is 25.4. The van der Waals surface area contributed by atoms with Gasteiger partial charge in [-0.2, -0.15) is 13.4 Å². The van der Waals surface area contributed by atoms with E-state index in [-0.39, 0.29) is 6.61 Å². The van der Waals surface area contributed by atoms with Crippen LogP contribution in [0.5, 0.6) is 0 Å². The Hall–Kier alpha value is -2.26. The number of aryl methyl sites for hydroxylation is 1. The Bertz CT molecular complexity index is 974. The van der Waals surface area contributed by atoms with E-state index in [0.29, 0.717) is 24.8 Å². The third-order valence-electron chi connectivity index (χ3n) is 5.97. The van der Waals surface area contributed by atoms with E-state index < -0.39 is 10.1 Å². The van der Waals surface area contributed by atoms with Crippen molar-refractivity contribution in [3.05, 3.63) is 30.1 Å². The summed E-state index contributed by atoms with van der Waals surface area (Å²) in [5.41, 5.74) is 2.74. The Morgan fingerprint density at radius 2 is 1.88 bits per heavy atom. The summed E-state index contributed by atoms with van der Waals surface area (Å²) in [6, 6.07) is 4.40. The zero-order valence-electron chi connectivity index (χ0n) is 20.0. The second-order valence-corrected chi connectivity index (χ2v) is 10.7.